The van der Waals surface area contributed by atoms with Crippen LogP contribution in [0.15, 0.2) is 33.6 Å². The van der Waals surface area contributed by atoms with Crippen molar-refractivity contribution in [3.8, 4) is 0 Å². The first-order chi connectivity index (χ1) is 6.95. The van der Waals surface area contributed by atoms with Gasteiger partial charge in [0, 0.05) is 29.9 Å². The summed E-state index contributed by atoms with van der Waals surface area (Å²) >= 11 is 0. The predicted octanol–water partition coefficient (Wildman–Crippen LogP) is 1.64. The van der Waals surface area contributed by atoms with Gasteiger partial charge in [-0.1, -0.05) is 0 Å². The molecule has 1 N–H and O–H groups in total. The Bertz CT molecular complexity index is 374. The van der Waals surface area contributed by atoms with E-state index in [0.29, 0.717) is 0 Å². The molecule has 1 atom stereocenters. The summed E-state index contributed by atoms with van der Waals surface area (Å²) in [5.74, 6) is 0.742. The number of fused-ring (bicyclic) bond motifs is 2. The third-order valence-corrected chi connectivity index (χ3v) is 3.14. The standard InChI is InChI=1S/C11H13N3/c1-2-9-10(14-13-6-1)4-3-8-5-7-12-11(8)9/h1-2,6,8,12H,3-5,7H2. The lowest BCUT2D eigenvalue weighted by Crippen LogP contribution is -2.20. The third kappa shape index (κ3) is 1.12. The molecular weight excluding hydrogens is 174 g/mol. The van der Waals surface area contributed by atoms with E-state index in [1.165, 1.54) is 24.1 Å². The highest BCUT2D eigenvalue weighted by atomic mass is 15.2. The molecule has 0 radical (unpaired) electrons. The van der Waals surface area contributed by atoms with Gasteiger partial charge in [0.2, 0.25) is 0 Å². The number of hydrogen-bond acceptors (Lipinski definition) is 3. The smallest absolute Gasteiger partial charge is 0.0720 e. The van der Waals surface area contributed by atoms with Crippen LogP contribution in [0.25, 0.3) is 0 Å². The second kappa shape index (κ2) is 3.08. The van der Waals surface area contributed by atoms with E-state index < -0.39 is 0 Å². The Labute approximate surface area is 83.3 Å². The van der Waals surface area contributed by atoms with Crippen molar-refractivity contribution in [3.05, 3.63) is 23.4 Å². The van der Waals surface area contributed by atoms with Crippen molar-refractivity contribution in [2.24, 2.45) is 16.1 Å². The maximum atomic E-state index is 4.23. The molecule has 14 heavy (non-hydrogen) atoms. The number of nitrogens with zero attached hydrogens (tertiary/aromatic N) is 2. The molecule has 0 spiro atoms. The van der Waals surface area contributed by atoms with E-state index in [1.54, 1.807) is 6.21 Å². The molecule has 1 aliphatic carbocycles. The summed E-state index contributed by atoms with van der Waals surface area (Å²) in [6.45, 7) is 1.12. The average molecular weight is 187 g/mol. The van der Waals surface area contributed by atoms with Crippen molar-refractivity contribution in [2.45, 2.75) is 19.3 Å². The lowest BCUT2D eigenvalue weighted by molar-refractivity contribution is 0.584. The maximum Gasteiger partial charge on any atom is 0.0720 e. The van der Waals surface area contributed by atoms with Crippen LogP contribution in [-0.4, -0.2) is 18.5 Å². The zero-order valence-electron chi connectivity index (χ0n) is 8.03. The first kappa shape index (κ1) is 7.97. The topological polar surface area (TPSA) is 36.8 Å². The minimum absolute atomic E-state index is 0.742. The maximum absolute atomic E-state index is 4.23. The van der Waals surface area contributed by atoms with Crippen LogP contribution in [-0.2, 0) is 0 Å². The fourth-order valence-corrected chi connectivity index (χ4v) is 2.45. The second-order valence-electron chi connectivity index (χ2n) is 3.95. The van der Waals surface area contributed by atoms with Crippen molar-refractivity contribution in [2.75, 3.05) is 6.54 Å². The molecule has 3 nitrogen and oxygen atoms in total. The van der Waals surface area contributed by atoms with Crippen LogP contribution in [0.5, 0.6) is 0 Å². The van der Waals surface area contributed by atoms with Gasteiger partial charge in [-0.15, -0.1) is 0 Å². The molecule has 0 aromatic rings. The molecular formula is C11H13N3. The van der Waals surface area contributed by atoms with E-state index in [9.17, 15) is 0 Å². The summed E-state index contributed by atoms with van der Waals surface area (Å²) in [6.07, 6.45) is 9.45. The second-order valence-corrected chi connectivity index (χ2v) is 3.95. The van der Waals surface area contributed by atoms with Crippen LogP contribution in [0.3, 0.4) is 0 Å². The SMILES string of the molecule is C1=CC2=C3NCCC3CCC2=NN=C1. The van der Waals surface area contributed by atoms with Crippen LogP contribution in [0.1, 0.15) is 19.3 Å². The predicted molar refractivity (Wildman–Crippen MR) is 57.4 cm³/mol. The normalized spacial score (nSPS) is 29.1. The lowest BCUT2D eigenvalue weighted by Gasteiger charge is -2.21. The van der Waals surface area contributed by atoms with Crippen molar-refractivity contribution in [3.63, 3.8) is 0 Å². The molecule has 0 aromatic heterocycles. The van der Waals surface area contributed by atoms with Gasteiger partial charge in [-0.05, 0) is 31.4 Å². The number of hydrogen-bond donors (Lipinski definition) is 1. The number of rotatable bonds is 0. The summed E-state index contributed by atoms with van der Waals surface area (Å²) in [7, 11) is 0. The molecule has 0 saturated carbocycles. The van der Waals surface area contributed by atoms with Gasteiger partial charge in [0.15, 0.2) is 0 Å². The van der Waals surface area contributed by atoms with Crippen molar-refractivity contribution >= 4 is 11.9 Å². The highest BCUT2D eigenvalue weighted by Crippen LogP contribution is 2.33. The van der Waals surface area contributed by atoms with Gasteiger partial charge in [0.1, 0.15) is 0 Å². The highest BCUT2D eigenvalue weighted by Gasteiger charge is 2.29. The van der Waals surface area contributed by atoms with Crippen LogP contribution in [0, 0.1) is 5.92 Å². The Hall–Kier alpha value is -1.38. The fourth-order valence-electron chi connectivity index (χ4n) is 2.45. The van der Waals surface area contributed by atoms with Crippen LogP contribution in [0.4, 0.5) is 0 Å². The highest BCUT2D eigenvalue weighted by molar-refractivity contribution is 6.05. The molecule has 1 unspecified atom stereocenters. The Morgan fingerprint density at radius 3 is 3.36 bits per heavy atom. The first-order valence-corrected chi connectivity index (χ1v) is 5.20. The zero-order chi connectivity index (χ0) is 9.38. The van der Waals surface area contributed by atoms with Crippen molar-refractivity contribution < 1.29 is 0 Å². The fraction of sp³-hybridized carbons (Fsp3) is 0.455. The molecule has 2 aliphatic heterocycles. The Kier molecular flexibility index (Phi) is 1.76. The molecule has 3 rings (SSSR count). The van der Waals surface area contributed by atoms with E-state index in [2.05, 4.69) is 21.6 Å². The number of nitrogens with one attached hydrogen (secondary N) is 1. The minimum atomic E-state index is 0.742. The molecule has 72 valence electrons. The molecule has 0 bridgehead atoms. The summed E-state index contributed by atoms with van der Waals surface area (Å²) in [5, 5.41) is 11.7. The summed E-state index contributed by atoms with van der Waals surface area (Å²) in [6, 6.07) is 0. The Morgan fingerprint density at radius 1 is 1.36 bits per heavy atom. The lowest BCUT2D eigenvalue weighted by atomic mass is 9.86. The van der Waals surface area contributed by atoms with E-state index >= 15 is 0 Å². The van der Waals surface area contributed by atoms with Gasteiger partial charge >= 0.3 is 0 Å². The van der Waals surface area contributed by atoms with Gasteiger partial charge < -0.3 is 5.32 Å². The minimum Gasteiger partial charge on any atom is -0.388 e. The van der Waals surface area contributed by atoms with E-state index in [-0.39, 0.29) is 0 Å². The van der Waals surface area contributed by atoms with Crippen LogP contribution >= 0.6 is 0 Å². The Balaban J connectivity index is 2.11. The monoisotopic (exact) mass is 187 g/mol. The summed E-state index contributed by atoms with van der Waals surface area (Å²) in [5.41, 5.74) is 3.84. The molecule has 3 heteroatoms. The quantitative estimate of drug-likeness (QED) is 0.615. The third-order valence-electron chi connectivity index (χ3n) is 3.14. The molecule has 0 aromatic carbocycles. The van der Waals surface area contributed by atoms with Gasteiger partial charge in [-0.25, -0.2) is 0 Å². The zero-order valence-corrected chi connectivity index (χ0v) is 8.03. The summed E-state index contributed by atoms with van der Waals surface area (Å²) in [4.78, 5) is 0. The van der Waals surface area contributed by atoms with Crippen LogP contribution < -0.4 is 5.32 Å². The Morgan fingerprint density at radius 2 is 2.36 bits per heavy atom. The van der Waals surface area contributed by atoms with Gasteiger partial charge in [0.05, 0.1) is 5.71 Å². The van der Waals surface area contributed by atoms with E-state index in [0.717, 1.165) is 24.6 Å². The van der Waals surface area contributed by atoms with E-state index in [1.807, 2.05) is 6.08 Å². The van der Waals surface area contributed by atoms with Crippen LogP contribution in [0.2, 0.25) is 0 Å². The van der Waals surface area contributed by atoms with Gasteiger partial charge in [0.25, 0.3) is 0 Å². The molecule has 3 aliphatic rings. The largest absolute Gasteiger partial charge is 0.388 e. The van der Waals surface area contributed by atoms with Crippen molar-refractivity contribution in [1.29, 1.82) is 0 Å². The molecule has 0 amide bonds. The summed E-state index contributed by atoms with van der Waals surface area (Å²) < 4.78 is 0. The van der Waals surface area contributed by atoms with E-state index in [4.69, 9.17) is 0 Å². The van der Waals surface area contributed by atoms with Gasteiger partial charge in [-0.3, -0.25) is 0 Å². The number of allylic oxidation sites excluding steroid dienone is 4. The van der Waals surface area contributed by atoms with Gasteiger partial charge in [-0.2, -0.15) is 10.2 Å². The molecule has 1 saturated heterocycles. The molecule has 1 fully saturated rings. The average Bonchev–Trinajstić information content (AvgIpc) is 2.55. The van der Waals surface area contributed by atoms with Crippen molar-refractivity contribution in [1.82, 2.24) is 5.32 Å². The molecule has 2 heterocycles. The first-order valence-electron chi connectivity index (χ1n) is 5.20.